The highest BCUT2D eigenvalue weighted by Gasteiger charge is 2.28. The smallest absolute Gasteiger partial charge is 0.279 e. The quantitative estimate of drug-likeness (QED) is 0.818. The molecule has 6 heteroatoms. The molecule has 1 fully saturated rings. The molecule has 5 nitrogen and oxygen atoms in total. The third-order valence-electron chi connectivity index (χ3n) is 3.73. The van der Waals surface area contributed by atoms with Crippen LogP contribution in [0.25, 0.3) is 0 Å². The van der Waals surface area contributed by atoms with Crippen molar-refractivity contribution >= 4 is 10.2 Å². The van der Waals surface area contributed by atoms with Crippen LogP contribution >= 0.6 is 0 Å². The summed E-state index contributed by atoms with van der Waals surface area (Å²) in [6.45, 7) is 5.18. The molecule has 0 aromatic heterocycles. The van der Waals surface area contributed by atoms with Gasteiger partial charge in [0.25, 0.3) is 10.2 Å². The van der Waals surface area contributed by atoms with E-state index in [-0.39, 0.29) is 12.6 Å². The summed E-state index contributed by atoms with van der Waals surface area (Å²) in [7, 11) is -3.39. The zero-order valence-corrected chi connectivity index (χ0v) is 13.5. The Labute approximate surface area is 127 Å². The van der Waals surface area contributed by atoms with Crippen LogP contribution in [0.5, 0.6) is 5.75 Å². The predicted octanol–water partition coefficient (Wildman–Crippen LogP) is 2.08. The lowest BCUT2D eigenvalue weighted by molar-refractivity contribution is 0.262. The van der Waals surface area contributed by atoms with Crippen molar-refractivity contribution in [2.45, 2.75) is 39.2 Å². The van der Waals surface area contributed by atoms with E-state index in [1.54, 1.807) is 4.31 Å². The third-order valence-corrected chi connectivity index (χ3v) is 5.46. The normalized spacial score (nSPS) is 20.4. The maximum absolute atomic E-state index is 12.2. The summed E-state index contributed by atoms with van der Waals surface area (Å²) in [6.07, 6.45) is 2.97. The molecule has 21 heavy (non-hydrogen) atoms. The van der Waals surface area contributed by atoms with Crippen LogP contribution < -0.4 is 9.46 Å². The Balaban J connectivity index is 1.78. The molecule has 1 N–H and O–H groups in total. The van der Waals surface area contributed by atoms with Gasteiger partial charge in [0.15, 0.2) is 0 Å². The first-order valence-electron chi connectivity index (χ1n) is 7.45. The number of piperidine rings is 1. The van der Waals surface area contributed by atoms with Gasteiger partial charge >= 0.3 is 0 Å². The van der Waals surface area contributed by atoms with E-state index in [1.807, 2.05) is 38.1 Å². The number of hydrogen-bond acceptors (Lipinski definition) is 3. The second-order valence-electron chi connectivity index (χ2n) is 5.52. The predicted molar refractivity (Wildman–Crippen MR) is 83.6 cm³/mol. The Morgan fingerprint density at radius 3 is 2.67 bits per heavy atom. The van der Waals surface area contributed by atoms with Gasteiger partial charge in [-0.1, -0.05) is 24.1 Å². The van der Waals surface area contributed by atoms with Crippen LogP contribution in [-0.4, -0.2) is 38.5 Å². The van der Waals surface area contributed by atoms with Crippen molar-refractivity contribution in [2.75, 3.05) is 19.7 Å². The van der Waals surface area contributed by atoms with E-state index in [0.29, 0.717) is 13.2 Å². The molecule has 1 aliphatic rings. The first-order chi connectivity index (χ1) is 9.99. The van der Waals surface area contributed by atoms with Crippen LogP contribution in [0.2, 0.25) is 0 Å². The minimum Gasteiger partial charge on any atom is -0.492 e. The standard InChI is InChI=1S/C15H24N2O3S/c1-13-6-8-15(9-7-13)20-12-10-16-21(18,19)17-11-4-3-5-14(17)2/h6-9,14,16H,3-5,10-12H2,1-2H3. The highest BCUT2D eigenvalue weighted by atomic mass is 32.2. The molecular formula is C15H24N2O3S. The van der Waals surface area contributed by atoms with Crippen LogP contribution in [0.3, 0.4) is 0 Å². The lowest BCUT2D eigenvalue weighted by Crippen LogP contribution is -2.48. The summed E-state index contributed by atoms with van der Waals surface area (Å²) in [5, 5.41) is 0. The van der Waals surface area contributed by atoms with Crippen LogP contribution in [0.1, 0.15) is 31.7 Å². The monoisotopic (exact) mass is 312 g/mol. The molecule has 118 valence electrons. The SMILES string of the molecule is Cc1ccc(OCCNS(=O)(=O)N2CCCCC2C)cc1. The zero-order valence-electron chi connectivity index (χ0n) is 12.7. The molecule has 1 aromatic rings. The molecule has 0 bridgehead atoms. The molecule has 0 saturated carbocycles. The summed E-state index contributed by atoms with van der Waals surface area (Å²) < 4.78 is 34.1. The van der Waals surface area contributed by atoms with Crippen molar-refractivity contribution in [1.82, 2.24) is 9.03 Å². The van der Waals surface area contributed by atoms with E-state index in [2.05, 4.69) is 4.72 Å². The molecule has 1 aromatic carbocycles. The van der Waals surface area contributed by atoms with Crippen molar-refractivity contribution in [2.24, 2.45) is 0 Å². The number of nitrogens with zero attached hydrogens (tertiary/aromatic N) is 1. The van der Waals surface area contributed by atoms with Gasteiger partial charge in [0, 0.05) is 19.1 Å². The fourth-order valence-corrected chi connectivity index (χ4v) is 3.94. The van der Waals surface area contributed by atoms with Gasteiger partial charge in [-0.2, -0.15) is 17.4 Å². The Morgan fingerprint density at radius 1 is 1.29 bits per heavy atom. The van der Waals surface area contributed by atoms with E-state index >= 15 is 0 Å². The van der Waals surface area contributed by atoms with Crippen LogP contribution in [0, 0.1) is 6.92 Å². The molecular weight excluding hydrogens is 288 g/mol. The van der Waals surface area contributed by atoms with Gasteiger partial charge in [-0.25, -0.2) is 0 Å². The molecule has 0 radical (unpaired) electrons. The van der Waals surface area contributed by atoms with Crippen LogP contribution in [-0.2, 0) is 10.2 Å². The van der Waals surface area contributed by atoms with E-state index in [9.17, 15) is 8.42 Å². The maximum Gasteiger partial charge on any atom is 0.279 e. The molecule has 0 aliphatic carbocycles. The van der Waals surface area contributed by atoms with E-state index in [1.165, 1.54) is 5.56 Å². The first kappa shape index (κ1) is 16.3. The van der Waals surface area contributed by atoms with Crippen molar-refractivity contribution in [3.63, 3.8) is 0 Å². The number of hydrogen-bond donors (Lipinski definition) is 1. The first-order valence-corrected chi connectivity index (χ1v) is 8.89. The summed E-state index contributed by atoms with van der Waals surface area (Å²) in [4.78, 5) is 0. The maximum atomic E-state index is 12.2. The number of benzene rings is 1. The summed E-state index contributed by atoms with van der Waals surface area (Å²) in [5.41, 5.74) is 1.17. The highest BCUT2D eigenvalue weighted by molar-refractivity contribution is 7.87. The average Bonchev–Trinajstić information content (AvgIpc) is 2.46. The number of rotatable bonds is 6. The topological polar surface area (TPSA) is 58.6 Å². The lowest BCUT2D eigenvalue weighted by Gasteiger charge is -2.32. The number of ether oxygens (including phenoxy) is 1. The van der Waals surface area contributed by atoms with Gasteiger partial charge in [0.2, 0.25) is 0 Å². The van der Waals surface area contributed by atoms with Gasteiger partial charge in [0.05, 0.1) is 0 Å². The second kappa shape index (κ2) is 7.24. The van der Waals surface area contributed by atoms with Crippen molar-refractivity contribution in [3.8, 4) is 5.75 Å². The highest BCUT2D eigenvalue weighted by Crippen LogP contribution is 2.18. The molecule has 1 atom stereocenters. The Bertz CT molecular complexity index is 543. The molecule has 0 amide bonds. The Morgan fingerprint density at radius 2 is 2.00 bits per heavy atom. The van der Waals surface area contributed by atoms with Gasteiger partial charge in [-0.05, 0) is 38.8 Å². The molecule has 1 saturated heterocycles. The summed E-state index contributed by atoms with van der Waals surface area (Å²) >= 11 is 0. The van der Waals surface area contributed by atoms with Gasteiger partial charge in [-0.3, -0.25) is 0 Å². The minimum absolute atomic E-state index is 0.0780. The van der Waals surface area contributed by atoms with Crippen molar-refractivity contribution in [3.05, 3.63) is 29.8 Å². The fourth-order valence-electron chi connectivity index (χ4n) is 2.49. The van der Waals surface area contributed by atoms with Crippen LogP contribution in [0.15, 0.2) is 24.3 Å². The second-order valence-corrected chi connectivity index (χ2v) is 7.22. The number of nitrogens with one attached hydrogen (secondary N) is 1. The van der Waals surface area contributed by atoms with E-state index in [4.69, 9.17) is 4.74 Å². The lowest BCUT2D eigenvalue weighted by atomic mass is 10.1. The Hall–Kier alpha value is -1.11. The minimum atomic E-state index is -3.39. The molecule has 2 rings (SSSR count). The van der Waals surface area contributed by atoms with Gasteiger partial charge in [-0.15, -0.1) is 0 Å². The van der Waals surface area contributed by atoms with E-state index in [0.717, 1.165) is 25.0 Å². The summed E-state index contributed by atoms with van der Waals surface area (Å²) in [6, 6.07) is 7.78. The third kappa shape index (κ3) is 4.69. The summed E-state index contributed by atoms with van der Waals surface area (Å²) in [5.74, 6) is 0.756. The van der Waals surface area contributed by atoms with Gasteiger partial charge < -0.3 is 4.74 Å². The zero-order chi connectivity index (χ0) is 15.3. The van der Waals surface area contributed by atoms with Crippen molar-refractivity contribution in [1.29, 1.82) is 0 Å². The Kier molecular flexibility index (Phi) is 5.61. The fraction of sp³-hybridized carbons (Fsp3) is 0.600. The number of aryl methyl sites for hydroxylation is 1. The van der Waals surface area contributed by atoms with Crippen LogP contribution in [0.4, 0.5) is 0 Å². The van der Waals surface area contributed by atoms with Gasteiger partial charge in [0.1, 0.15) is 12.4 Å². The van der Waals surface area contributed by atoms with Crippen molar-refractivity contribution < 1.29 is 13.2 Å². The largest absolute Gasteiger partial charge is 0.492 e. The molecule has 1 unspecified atom stereocenters. The average molecular weight is 312 g/mol. The molecule has 1 heterocycles. The molecule has 1 aliphatic heterocycles. The molecule has 0 spiro atoms. The van der Waals surface area contributed by atoms with E-state index < -0.39 is 10.2 Å².